The molecular weight excluding hydrogens is 318 g/mol. The van der Waals surface area contributed by atoms with E-state index in [4.69, 9.17) is 9.47 Å². The molecule has 25 heavy (non-hydrogen) atoms. The van der Waals surface area contributed by atoms with E-state index >= 15 is 0 Å². The topological polar surface area (TPSA) is 55.8 Å². The molecule has 0 fully saturated rings. The lowest BCUT2D eigenvalue weighted by Crippen LogP contribution is -2.36. The molecule has 0 bridgehead atoms. The highest BCUT2D eigenvalue weighted by Crippen LogP contribution is 2.32. The van der Waals surface area contributed by atoms with Gasteiger partial charge >= 0.3 is 0 Å². The van der Waals surface area contributed by atoms with Crippen molar-refractivity contribution in [3.8, 4) is 11.5 Å². The van der Waals surface area contributed by atoms with Crippen LogP contribution in [0.5, 0.6) is 11.5 Å². The smallest absolute Gasteiger partial charge is 0.253 e. The molecule has 2 aromatic carbocycles. The van der Waals surface area contributed by atoms with E-state index in [-0.39, 0.29) is 11.7 Å². The molecule has 0 aliphatic carbocycles. The zero-order chi connectivity index (χ0) is 17.8. The molecule has 3 rings (SSSR count). The number of carbonyl (C=O) groups is 2. The van der Waals surface area contributed by atoms with E-state index < -0.39 is 0 Å². The lowest BCUT2D eigenvalue weighted by Gasteiger charge is -2.26. The monoisotopic (exact) mass is 339 g/mol. The van der Waals surface area contributed by atoms with Crippen molar-refractivity contribution in [2.24, 2.45) is 0 Å². The van der Waals surface area contributed by atoms with Crippen LogP contribution in [0.15, 0.2) is 42.5 Å². The highest BCUT2D eigenvalue weighted by molar-refractivity contribution is 5.99. The van der Waals surface area contributed by atoms with Crippen molar-refractivity contribution in [1.82, 2.24) is 4.90 Å². The Labute approximate surface area is 147 Å². The quantitative estimate of drug-likeness (QED) is 0.863. The molecule has 1 amide bonds. The molecule has 0 saturated heterocycles. The van der Waals surface area contributed by atoms with Gasteiger partial charge in [0.15, 0.2) is 17.3 Å². The van der Waals surface area contributed by atoms with Gasteiger partial charge in [-0.25, -0.2) is 0 Å². The van der Waals surface area contributed by atoms with Crippen LogP contribution in [0.1, 0.15) is 32.7 Å². The third kappa shape index (κ3) is 3.50. The van der Waals surface area contributed by atoms with Crippen molar-refractivity contribution in [1.29, 1.82) is 0 Å². The van der Waals surface area contributed by atoms with Gasteiger partial charge in [-0.15, -0.1) is 0 Å². The highest BCUT2D eigenvalue weighted by atomic mass is 16.5. The second-order valence-electron chi connectivity index (χ2n) is 5.95. The van der Waals surface area contributed by atoms with E-state index in [1.165, 1.54) is 0 Å². The van der Waals surface area contributed by atoms with Crippen molar-refractivity contribution in [3.63, 3.8) is 0 Å². The summed E-state index contributed by atoms with van der Waals surface area (Å²) in [5.41, 5.74) is 2.18. The van der Waals surface area contributed by atoms with E-state index in [2.05, 4.69) is 0 Å². The maximum Gasteiger partial charge on any atom is 0.253 e. The Morgan fingerprint density at radius 1 is 0.960 bits per heavy atom. The van der Waals surface area contributed by atoms with E-state index in [9.17, 15) is 9.59 Å². The van der Waals surface area contributed by atoms with Gasteiger partial charge in [0, 0.05) is 30.6 Å². The Bertz CT molecular complexity index is 786. The Hall–Kier alpha value is -2.82. The number of ketones is 1. The summed E-state index contributed by atoms with van der Waals surface area (Å²) in [7, 11) is 3.12. The van der Waals surface area contributed by atoms with E-state index in [1.54, 1.807) is 37.3 Å². The fourth-order valence-electron chi connectivity index (χ4n) is 3.09. The van der Waals surface area contributed by atoms with Crippen molar-refractivity contribution >= 4 is 11.7 Å². The van der Waals surface area contributed by atoms with Crippen LogP contribution in [0.4, 0.5) is 0 Å². The largest absolute Gasteiger partial charge is 0.493 e. The first-order valence-corrected chi connectivity index (χ1v) is 8.26. The second-order valence-corrected chi connectivity index (χ2v) is 5.95. The first-order valence-electron chi connectivity index (χ1n) is 8.26. The van der Waals surface area contributed by atoms with Gasteiger partial charge in [0.1, 0.15) is 0 Å². The first-order chi connectivity index (χ1) is 12.1. The summed E-state index contributed by atoms with van der Waals surface area (Å²) < 4.78 is 10.6. The molecule has 5 nitrogen and oxygen atoms in total. The summed E-state index contributed by atoms with van der Waals surface area (Å²) >= 11 is 0. The number of rotatable bonds is 3. The summed E-state index contributed by atoms with van der Waals surface area (Å²) in [6.45, 7) is 0.976. The summed E-state index contributed by atoms with van der Waals surface area (Å²) in [4.78, 5) is 27.0. The molecule has 0 radical (unpaired) electrons. The SMILES string of the molecule is COc1cc2c(cc1OC)C(=O)CCN(C(=O)c1ccccc1)CC2. The van der Waals surface area contributed by atoms with Crippen LogP contribution in [0, 0.1) is 0 Å². The third-order valence-corrected chi connectivity index (χ3v) is 4.48. The lowest BCUT2D eigenvalue weighted by molar-refractivity contribution is 0.0741. The van der Waals surface area contributed by atoms with Crippen LogP contribution in [0.2, 0.25) is 0 Å². The van der Waals surface area contributed by atoms with Crippen molar-refractivity contribution in [2.75, 3.05) is 27.3 Å². The van der Waals surface area contributed by atoms with Gasteiger partial charge in [-0.05, 0) is 36.2 Å². The van der Waals surface area contributed by atoms with Gasteiger partial charge in [0.05, 0.1) is 14.2 Å². The van der Waals surface area contributed by atoms with Crippen LogP contribution >= 0.6 is 0 Å². The number of fused-ring (bicyclic) bond motifs is 1. The Morgan fingerprint density at radius 3 is 2.28 bits per heavy atom. The molecule has 1 aliphatic heterocycles. The summed E-state index contributed by atoms with van der Waals surface area (Å²) in [5.74, 6) is 1.11. The molecular formula is C20H21NO4. The number of Topliss-reactive ketones (excluding diaryl/α,β-unsaturated/α-hetero) is 1. The Balaban J connectivity index is 1.88. The Morgan fingerprint density at radius 2 is 1.60 bits per heavy atom. The van der Waals surface area contributed by atoms with Crippen LogP contribution in [0.25, 0.3) is 0 Å². The van der Waals surface area contributed by atoms with E-state index in [0.717, 1.165) is 5.56 Å². The number of ether oxygens (including phenoxy) is 2. The molecule has 2 aromatic rings. The highest BCUT2D eigenvalue weighted by Gasteiger charge is 2.23. The van der Waals surface area contributed by atoms with Gasteiger partial charge in [-0.1, -0.05) is 18.2 Å². The molecule has 0 unspecified atom stereocenters. The first kappa shape index (κ1) is 17.0. The second kappa shape index (κ2) is 7.38. The maximum absolute atomic E-state index is 12.7. The van der Waals surface area contributed by atoms with Crippen LogP contribution in [0.3, 0.4) is 0 Å². The number of nitrogens with zero attached hydrogens (tertiary/aromatic N) is 1. The zero-order valence-electron chi connectivity index (χ0n) is 14.5. The minimum Gasteiger partial charge on any atom is -0.493 e. The van der Waals surface area contributed by atoms with Gasteiger partial charge in [0.2, 0.25) is 0 Å². The molecule has 0 saturated carbocycles. The molecule has 0 aromatic heterocycles. The Kier molecular flexibility index (Phi) is 5.03. The third-order valence-electron chi connectivity index (χ3n) is 4.48. The molecule has 130 valence electrons. The summed E-state index contributed by atoms with van der Waals surface area (Å²) in [6, 6.07) is 12.7. The van der Waals surface area contributed by atoms with Gasteiger partial charge in [-0.3, -0.25) is 9.59 Å². The molecule has 0 spiro atoms. The van der Waals surface area contributed by atoms with Gasteiger partial charge < -0.3 is 14.4 Å². The van der Waals surface area contributed by atoms with Crippen LogP contribution < -0.4 is 9.47 Å². The van der Waals surface area contributed by atoms with Crippen molar-refractivity contribution < 1.29 is 19.1 Å². The van der Waals surface area contributed by atoms with Gasteiger partial charge in [0.25, 0.3) is 5.91 Å². The molecule has 1 heterocycles. The number of methoxy groups -OCH3 is 2. The van der Waals surface area contributed by atoms with Gasteiger partial charge in [-0.2, -0.15) is 0 Å². The molecule has 5 heteroatoms. The number of hydrogen-bond acceptors (Lipinski definition) is 4. The van der Waals surface area contributed by atoms with Crippen molar-refractivity contribution in [3.05, 3.63) is 59.2 Å². The summed E-state index contributed by atoms with van der Waals surface area (Å²) in [5, 5.41) is 0. The fourth-order valence-corrected chi connectivity index (χ4v) is 3.09. The van der Waals surface area contributed by atoms with E-state index in [1.807, 2.05) is 24.3 Å². The molecule has 0 atom stereocenters. The zero-order valence-corrected chi connectivity index (χ0v) is 14.5. The predicted molar refractivity (Wildman–Crippen MR) is 94.5 cm³/mol. The lowest BCUT2D eigenvalue weighted by atomic mass is 9.96. The standard InChI is InChI=1S/C20H21NO4/c1-24-18-12-15-8-10-21(20(23)14-6-4-3-5-7-14)11-9-17(22)16(15)13-19(18)25-2/h3-7,12-13H,8-11H2,1-2H3. The number of carbonyl (C=O) groups excluding carboxylic acids is 2. The fraction of sp³-hybridized carbons (Fsp3) is 0.300. The van der Waals surface area contributed by atoms with Crippen LogP contribution in [-0.2, 0) is 6.42 Å². The van der Waals surface area contributed by atoms with E-state index in [0.29, 0.717) is 48.6 Å². The number of benzene rings is 2. The number of amides is 1. The van der Waals surface area contributed by atoms with Crippen LogP contribution in [-0.4, -0.2) is 43.9 Å². The average molecular weight is 339 g/mol. The predicted octanol–water partition coefficient (Wildman–Crippen LogP) is 2.98. The minimum absolute atomic E-state index is 0.0153. The molecule has 0 N–H and O–H groups in total. The number of hydrogen-bond donors (Lipinski definition) is 0. The maximum atomic E-state index is 12.7. The normalized spacial score (nSPS) is 14.3. The summed E-state index contributed by atoms with van der Waals surface area (Å²) in [6.07, 6.45) is 0.890. The minimum atomic E-state index is -0.0441. The average Bonchev–Trinajstić information content (AvgIpc) is 2.66. The molecule has 1 aliphatic rings. The van der Waals surface area contributed by atoms with Crippen molar-refractivity contribution in [2.45, 2.75) is 12.8 Å².